The van der Waals surface area contributed by atoms with Gasteiger partial charge in [-0.05, 0) is 42.8 Å². The Morgan fingerprint density at radius 1 is 1.27 bits per heavy atom. The van der Waals surface area contributed by atoms with Crippen LogP contribution in [0.5, 0.6) is 10.9 Å². The van der Waals surface area contributed by atoms with Crippen LogP contribution >= 0.6 is 11.3 Å². The van der Waals surface area contributed by atoms with Crippen LogP contribution in [0.4, 0.5) is 0 Å². The third-order valence-corrected chi connectivity index (χ3v) is 6.87. The molecule has 6 rings (SSSR count). The van der Waals surface area contributed by atoms with Crippen molar-refractivity contribution in [2.75, 3.05) is 13.1 Å². The second-order valence-electron chi connectivity index (χ2n) is 7.97. The number of thiazole rings is 1. The molecule has 3 aromatic heterocycles. The lowest BCUT2D eigenvalue weighted by molar-refractivity contribution is -0.131. The molecule has 2 aliphatic rings. The first-order valence-electron chi connectivity index (χ1n) is 10.1. The molecule has 0 radical (unpaired) electrons. The summed E-state index contributed by atoms with van der Waals surface area (Å²) in [5.41, 5.74) is 1.69. The fourth-order valence-corrected chi connectivity index (χ4v) is 5.42. The van der Waals surface area contributed by atoms with E-state index in [0.29, 0.717) is 17.3 Å². The maximum atomic E-state index is 11.7. The van der Waals surface area contributed by atoms with E-state index < -0.39 is 0 Å². The largest absolute Gasteiger partial charge is 0.460 e. The standard InChI is InChI=1S/C22H20N4O3S/c1-13(27)26-11-15-9-16(26)10-25(15)12-18-8-14-7-17(4-5-20(14)28-18)29-22-24-19-3-2-6-23-21(19)30-22/h2-8,15-16H,9-12H2,1H3/t15-,16-/m0/s1. The molecule has 0 unspecified atom stereocenters. The lowest BCUT2D eigenvalue weighted by Crippen LogP contribution is -2.47. The van der Waals surface area contributed by atoms with Gasteiger partial charge in [0.25, 0.3) is 5.19 Å². The molecule has 0 aliphatic carbocycles. The van der Waals surface area contributed by atoms with Gasteiger partial charge in [0.2, 0.25) is 5.91 Å². The third kappa shape index (κ3) is 3.03. The predicted octanol–water partition coefficient (Wildman–Crippen LogP) is 4.03. The van der Waals surface area contributed by atoms with Crippen LogP contribution in [0.1, 0.15) is 19.1 Å². The monoisotopic (exact) mass is 420 g/mol. The Balaban J connectivity index is 1.19. The summed E-state index contributed by atoms with van der Waals surface area (Å²) in [7, 11) is 0. The Hall–Kier alpha value is -2.97. The van der Waals surface area contributed by atoms with Crippen LogP contribution < -0.4 is 4.74 Å². The fourth-order valence-electron chi connectivity index (χ4n) is 4.64. The van der Waals surface area contributed by atoms with E-state index in [0.717, 1.165) is 58.9 Å². The lowest BCUT2D eigenvalue weighted by Gasteiger charge is -2.33. The summed E-state index contributed by atoms with van der Waals surface area (Å²) in [6.07, 6.45) is 2.82. The lowest BCUT2D eigenvalue weighted by atomic mass is 10.2. The van der Waals surface area contributed by atoms with Crippen molar-refractivity contribution in [1.29, 1.82) is 0 Å². The topological polar surface area (TPSA) is 71.7 Å². The van der Waals surface area contributed by atoms with E-state index in [2.05, 4.69) is 20.9 Å². The number of hydrogen-bond acceptors (Lipinski definition) is 7. The average Bonchev–Trinajstić information content (AvgIpc) is 3.49. The molecule has 4 aromatic rings. The number of piperazine rings is 1. The van der Waals surface area contributed by atoms with Gasteiger partial charge in [-0.25, -0.2) is 9.97 Å². The highest BCUT2D eigenvalue weighted by atomic mass is 32.1. The zero-order valence-electron chi connectivity index (χ0n) is 16.4. The van der Waals surface area contributed by atoms with Gasteiger partial charge in [0.05, 0.1) is 6.54 Å². The zero-order valence-corrected chi connectivity index (χ0v) is 17.3. The number of pyridine rings is 1. The summed E-state index contributed by atoms with van der Waals surface area (Å²) in [5, 5.41) is 1.59. The van der Waals surface area contributed by atoms with E-state index in [4.69, 9.17) is 9.15 Å². The van der Waals surface area contributed by atoms with Crippen molar-refractivity contribution in [1.82, 2.24) is 19.8 Å². The molecule has 7 nitrogen and oxygen atoms in total. The summed E-state index contributed by atoms with van der Waals surface area (Å²) in [6, 6.07) is 12.5. The van der Waals surface area contributed by atoms with Crippen molar-refractivity contribution < 1.29 is 13.9 Å². The number of furan rings is 1. The Labute approximate surface area is 176 Å². The molecular weight excluding hydrogens is 400 g/mol. The van der Waals surface area contributed by atoms with Crippen LogP contribution in [0.3, 0.4) is 0 Å². The fraction of sp³-hybridized carbons (Fsp3) is 0.318. The minimum atomic E-state index is 0.183. The summed E-state index contributed by atoms with van der Waals surface area (Å²) in [6.45, 7) is 4.17. The zero-order chi connectivity index (χ0) is 20.2. The molecule has 2 atom stereocenters. The van der Waals surface area contributed by atoms with Gasteiger partial charge in [0, 0.05) is 43.7 Å². The molecule has 0 saturated carbocycles. The number of hydrogen-bond donors (Lipinski definition) is 0. The molecule has 2 bridgehead atoms. The summed E-state index contributed by atoms with van der Waals surface area (Å²) in [4.78, 5) is 25.8. The molecule has 2 fully saturated rings. The number of nitrogens with zero attached hydrogens (tertiary/aromatic N) is 4. The Kier molecular flexibility index (Phi) is 4.04. The van der Waals surface area contributed by atoms with Crippen molar-refractivity contribution in [2.45, 2.75) is 32.0 Å². The highest BCUT2D eigenvalue weighted by Gasteiger charge is 2.44. The molecule has 1 amide bonds. The average molecular weight is 420 g/mol. The van der Waals surface area contributed by atoms with E-state index in [1.54, 1.807) is 13.1 Å². The third-order valence-electron chi connectivity index (χ3n) is 6.01. The van der Waals surface area contributed by atoms with Crippen molar-refractivity contribution in [3.05, 3.63) is 48.4 Å². The maximum absolute atomic E-state index is 11.7. The molecule has 5 heterocycles. The van der Waals surface area contributed by atoms with Crippen LogP contribution in [0.25, 0.3) is 21.3 Å². The number of carbonyl (C=O) groups excluding carboxylic acids is 1. The van der Waals surface area contributed by atoms with Gasteiger partial charge in [0.15, 0.2) is 0 Å². The SMILES string of the molecule is CC(=O)N1C[C@@H]2C[C@H]1CN2Cc1cc2cc(Oc3nc4cccnc4s3)ccc2o1. The Morgan fingerprint density at radius 3 is 3.00 bits per heavy atom. The number of ether oxygens (including phenoxy) is 1. The molecule has 1 aromatic carbocycles. The van der Waals surface area contributed by atoms with Crippen molar-refractivity contribution in [2.24, 2.45) is 0 Å². The number of amides is 1. The number of likely N-dealkylation sites (tertiary alicyclic amines) is 2. The van der Waals surface area contributed by atoms with Gasteiger partial charge in [-0.15, -0.1) is 0 Å². The van der Waals surface area contributed by atoms with E-state index in [1.165, 1.54) is 11.3 Å². The summed E-state index contributed by atoms with van der Waals surface area (Å²) < 4.78 is 12.0. The number of rotatable bonds is 4. The van der Waals surface area contributed by atoms with Crippen molar-refractivity contribution in [3.8, 4) is 10.9 Å². The highest BCUT2D eigenvalue weighted by Crippen LogP contribution is 2.34. The quantitative estimate of drug-likeness (QED) is 0.496. The first-order chi connectivity index (χ1) is 14.6. The molecule has 8 heteroatoms. The molecule has 0 N–H and O–H groups in total. The maximum Gasteiger partial charge on any atom is 0.281 e. The second-order valence-corrected chi connectivity index (χ2v) is 8.91. The van der Waals surface area contributed by atoms with Crippen LogP contribution in [-0.4, -0.2) is 50.8 Å². The highest BCUT2D eigenvalue weighted by molar-refractivity contribution is 7.19. The Morgan fingerprint density at radius 2 is 2.20 bits per heavy atom. The van der Waals surface area contributed by atoms with Crippen LogP contribution in [0.15, 0.2) is 47.0 Å². The Bertz CT molecular complexity index is 1230. The van der Waals surface area contributed by atoms with E-state index in [-0.39, 0.29) is 5.91 Å². The van der Waals surface area contributed by atoms with Gasteiger partial charge in [-0.2, -0.15) is 0 Å². The number of benzene rings is 1. The minimum absolute atomic E-state index is 0.183. The first kappa shape index (κ1) is 17.9. The van der Waals surface area contributed by atoms with E-state index in [9.17, 15) is 4.79 Å². The molecule has 2 saturated heterocycles. The van der Waals surface area contributed by atoms with Gasteiger partial charge in [0.1, 0.15) is 27.4 Å². The van der Waals surface area contributed by atoms with Gasteiger partial charge >= 0.3 is 0 Å². The molecule has 0 spiro atoms. The molecular formula is C22H20N4O3S. The number of carbonyl (C=O) groups is 1. The normalized spacial score (nSPS) is 21.2. The van der Waals surface area contributed by atoms with Gasteiger partial charge in [-0.3, -0.25) is 9.69 Å². The predicted molar refractivity (Wildman–Crippen MR) is 114 cm³/mol. The molecule has 2 aliphatic heterocycles. The smallest absolute Gasteiger partial charge is 0.281 e. The number of aromatic nitrogens is 2. The van der Waals surface area contributed by atoms with Crippen molar-refractivity contribution >= 4 is 38.6 Å². The molecule has 30 heavy (non-hydrogen) atoms. The van der Waals surface area contributed by atoms with E-state index >= 15 is 0 Å². The first-order valence-corrected chi connectivity index (χ1v) is 10.9. The minimum Gasteiger partial charge on any atom is -0.460 e. The van der Waals surface area contributed by atoms with Crippen LogP contribution in [0, 0.1) is 0 Å². The van der Waals surface area contributed by atoms with Crippen LogP contribution in [-0.2, 0) is 11.3 Å². The van der Waals surface area contributed by atoms with Gasteiger partial charge < -0.3 is 14.1 Å². The number of fused-ring (bicyclic) bond motifs is 4. The van der Waals surface area contributed by atoms with Gasteiger partial charge in [-0.1, -0.05) is 11.3 Å². The van der Waals surface area contributed by atoms with Crippen LogP contribution in [0.2, 0.25) is 0 Å². The molecule has 152 valence electrons. The second kappa shape index (κ2) is 6.78. The van der Waals surface area contributed by atoms with E-state index in [1.807, 2.05) is 35.2 Å². The van der Waals surface area contributed by atoms with Crippen molar-refractivity contribution in [3.63, 3.8) is 0 Å². The summed E-state index contributed by atoms with van der Waals surface area (Å²) >= 11 is 1.43. The summed E-state index contributed by atoms with van der Waals surface area (Å²) in [5.74, 6) is 1.85.